The maximum atomic E-state index is 12.6. The van der Waals surface area contributed by atoms with Gasteiger partial charge in [0.25, 0.3) is 0 Å². The number of morpholine rings is 1. The highest BCUT2D eigenvalue weighted by atomic mass is 35.5. The summed E-state index contributed by atoms with van der Waals surface area (Å²) in [7, 11) is 0. The van der Waals surface area contributed by atoms with Crippen molar-refractivity contribution >= 4 is 34.8 Å². The number of carbonyl (C=O) groups is 1. The Balaban J connectivity index is 0.00000243. The van der Waals surface area contributed by atoms with Gasteiger partial charge in [0.1, 0.15) is 6.04 Å². The van der Waals surface area contributed by atoms with Gasteiger partial charge in [-0.2, -0.15) is 13.2 Å². The lowest BCUT2D eigenvalue weighted by atomic mass is 10.1. The van der Waals surface area contributed by atoms with Crippen LogP contribution in [0.2, 0.25) is 0 Å². The third kappa shape index (κ3) is 5.41. The van der Waals surface area contributed by atoms with Crippen LogP contribution < -0.4 is 10.6 Å². The molecule has 0 radical (unpaired) electrons. The number of aromatic nitrogens is 1. The molecule has 1 atom stereocenters. The van der Waals surface area contributed by atoms with E-state index in [4.69, 9.17) is 4.74 Å². The van der Waals surface area contributed by atoms with Gasteiger partial charge in [-0.05, 0) is 17.7 Å². The maximum Gasteiger partial charge on any atom is 0.416 e. The quantitative estimate of drug-likeness (QED) is 0.817. The van der Waals surface area contributed by atoms with Crippen molar-refractivity contribution in [2.24, 2.45) is 0 Å². The van der Waals surface area contributed by atoms with Gasteiger partial charge in [0, 0.05) is 24.0 Å². The topological polar surface area (TPSA) is 63.2 Å². The van der Waals surface area contributed by atoms with Crippen molar-refractivity contribution in [3.63, 3.8) is 0 Å². The van der Waals surface area contributed by atoms with Crippen LogP contribution in [-0.2, 0) is 22.1 Å². The maximum absolute atomic E-state index is 12.6. The van der Waals surface area contributed by atoms with E-state index in [1.54, 1.807) is 6.20 Å². The van der Waals surface area contributed by atoms with E-state index in [1.165, 1.54) is 23.5 Å². The van der Waals surface area contributed by atoms with E-state index in [9.17, 15) is 18.0 Å². The number of ether oxygens (including phenoxy) is 1. The molecule has 1 aliphatic rings. The molecule has 2 heterocycles. The molecule has 3 rings (SSSR count). The van der Waals surface area contributed by atoms with Crippen LogP contribution in [0.25, 0.3) is 0 Å². The summed E-state index contributed by atoms with van der Waals surface area (Å²) in [6, 6.07) is 4.62. The molecule has 0 spiro atoms. The molecule has 0 aliphatic carbocycles. The number of hydrogen-bond acceptors (Lipinski definition) is 5. The molecule has 26 heavy (non-hydrogen) atoms. The Hall–Kier alpha value is -1.68. The van der Waals surface area contributed by atoms with Gasteiger partial charge >= 0.3 is 6.18 Å². The number of alkyl halides is 3. The van der Waals surface area contributed by atoms with Gasteiger partial charge in [-0.15, -0.1) is 23.7 Å². The SMILES string of the molecule is Cl.O=C(Nc1ncc(Cc2ccc(C(F)(F)F)cc2)s1)C1COCCN1. The predicted molar refractivity (Wildman–Crippen MR) is 94.9 cm³/mol. The summed E-state index contributed by atoms with van der Waals surface area (Å²) in [5.41, 5.74) is 0.0765. The monoisotopic (exact) mass is 407 g/mol. The minimum absolute atomic E-state index is 0. The van der Waals surface area contributed by atoms with Gasteiger partial charge in [-0.3, -0.25) is 4.79 Å². The Morgan fingerprint density at radius 1 is 1.35 bits per heavy atom. The van der Waals surface area contributed by atoms with Crippen molar-refractivity contribution in [3.05, 3.63) is 46.5 Å². The van der Waals surface area contributed by atoms with Crippen LogP contribution in [0.5, 0.6) is 0 Å². The minimum Gasteiger partial charge on any atom is -0.378 e. The second-order valence-electron chi connectivity index (χ2n) is 5.57. The number of halogens is 4. The molecule has 5 nitrogen and oxygen atoms in total. The molecule has 1 amide bonds. The Morgan fingerprint density at radius 3 is 2.69 bits per heavy atom. The van der Waals surface area contributed by atoms with Gasteiger partial charge in [-0.25, -0.2) is 4.98 Å². The molecule has 0 bridgehead atoms. The fourth-order valence-electron chi connectivity index (χ4n) is 2.39. The van der Waals surface area contributed by atoms with E-state index in [1.807, 2.05) is 0 Å². The third-order valence-electron chi connectivity index (χ3n) is 3.68. The number of benzene rings is 1. The van der Waals surface area contributed by atoms with Crippen LogP contribution in [0.3, 0.4) is 0 Å². The molecule has 1 unspecified atom stereocenters. The normalized spacial score (nSPS) is 17.4. The largest absolute Gasteiger partial charge is 0.416 e. The smallest absolute Gasteiger partial charge is 0.378 e. The van der Waals surface area contributed by atoms with E-state index < -0.39 is 17.8 Å². The van der Waals surface area contributed by atoms with Gasteiger partial charge in [0.2, 0.25) is 5.91 Å². The first-order chi connectivity index (χ1) is 11.9. The van der Waals surface area contributed by atoms with E-state index in [2.05, 4.69) is 15.6 Å². The zero-order valence-corrected chi connectivity index (χ0v) is 15.1. The second-order valence-corrected chi connectivity index (χ2v) is 6.69. The van der Waals surface area contributed by atoms with Crippen LogP contribution in [0.4, 0.5) is 18.3 Å². The minimum atomic E-state index is -4.34. The zero-order valence-electron chi connectivity index (χ0n) is 13.5. The number of thiazole rings is 1. The summed E-state index contributed by atoms with van der Waals surface area (Å²) in [6.07, 6.45) is -2.27. The van der Waals surface area contributed by atoms with E-state index in [-0.39, 0.29) is 18.3 Å². The highest BCUT2D eigenvalue weighted by Gasteiger charge is 2.30. The average molecular weight is 408 g/mol. The van der Waals surface area contributed by atoms with Crippen LogP contribution in [0.15, 0.2) is 30.5 Å². The Morgan fingerprint density at radius 2 is 2.08 bits per heavy atom. The third-order valence-corrected chi connectivity index (χ3v) is 4.59. The van der Waals surface area contributed by atoms with Gasteiger partial charge in [0.15, 0.2) is 5.13 Å². The van der Waals surface area contributed by atoms with Crippen molar-refractivity contribution in [1.29, 1.82) is 0 Å². The Bertz CT molecular complexity index is 731. The van der Waals surface area contributed by atoms with Crippen LogP contribution in [0, 0.1) is 0 Å². The van der Waals surface area contributed by atoms with Gasteiger partial charge in [-0.1, -0.05) is 12.1 Å². The van der Waals surface area contributed by atoms with E-state index >= 15 is 0 Å². The molecule has 10 heteroatoms. The first-order valence-electron chi connectivity index (χ1n) is 7.64. The predicted octanol–water partition coefficient (Wildman–Crippen LogP) is 3.10. The molecule has 1 aromatic carbocycles. The standard InChI is InChI=1S/C16H16F3N3O2S.ClH/c17-16(18,19)11-3-1-10(2-4-11)7-12-8-21-15(25-12)22-14(23)13-9-24-6-5-20-13;/h1-4,8,13,20H,5-7,9H2,(H,21,22,23);1H. The fraction of sp³-hybridized carbons (Fsp3) is 0.375. The zero-order chi connectivity index (χ0) is 17.9. The number of amides is 1. The summed E-state index contributed by atoms with van der Waals surface area (Å²) in [5.74, 6) is -0.213. The van der Waals surface area contributed by atoms with Crippen molar-refractivity contribution in [3.8, 4) is 0 Å². The molecule has 2 N–H and O–H groups in total. The number of carbonyl (C=O) groups excluding carboxylic acids is 1. The lowest BCUT2D eigenvalue weighted by Crippen LogP contribution is -2.48. The molecular weight excluding hydrogens is 391 g/mol. The Labute approximate surface area is 158 Å². The summed E-state index contributed by atoms with van der Waals surface area (Å²) < 4.78 is 42.9. The molecule has 142 valence electrons. The van der Waals surface area contributed by atoms with Crippen molar-refractivity contribution in [2.45, 2.75) is 18.6 Å². The molecule has 1 aliphatic heterocycles. The van der Waals surface area contributed by atoms with Gasteiger partial charge in [0.05, 0.1) is 18.8 Å². The summed E-state index contributed by atoms with van der Waals surface area (Å²) >= 11 is 1.30. The molecule has 2 aromatic rings. The number of nitrogens with one attached hydrogen (secondary N) is 2. The number of nitrogens with zero attached hydrogens (tertiary/aromatic N) is 1. The first-order valence-corrected chi connectivity index (χ1v) is 8.46. The fourth-order valence-corrected chi connectivity index (χ4v) is 3.24. The number of anilines is 1. The van der Waals surface area contributed by atoms with Crippen LogP contribution in [-0.4, -0.2) is 36.7 Å². The lowest BCUT2D eigenvalue weighted by Gasteiger charge is -2.22. The van der Waals surface area contributed by atoms with Crippen LogP contribution in [0.1, 0.15) is 16.0 Å². The van der Waals surface area contributed by atoms with E-state index in [0.717, 1.165) is 22.6 Å². The second kappa shape index (κ2) is 8.81. The summed E-state index contributed by atoms with van der Waals surface area (Å²) in [6.45, 7) is 1.52. The number of rotatable bonds is 4. The first kappa shape index (κ1) is 20.6. The van der Waals surface area contributed by atoms with Crippen molar-refractivity contribution in [1.82, 2.24) is 10.3 Å². The summed E-state index contributed by atoms with van der Waals surface area (Å²) in [5, 5.41) is 6.23. The highest BCUT2D eigenvalue weighted by molar-refractivity contribution is 7.15. The molecule has 0 saturated carbocycles. The van der Waals surface area contributed by atoms with E-state index in [0.29, 0.717) is 31.3 Å². The van der Waals surface area contributed by atoms with Crippen molar-refractivity contribution < 1.29 is 22.7 Å². The molecule has 1 fully saturated rings. The molecule has 1 aromatic heterocycles. The van der Waals surface area contributed by atoms with Gasteiger partial charge < -0.3 is 15.4 Å². The molecular formula is C16H17ClF3N3O2S. The summed E-state index contributed by atoms with van der Waals surface area (Å²) in [4.78, 5) is 17.1. The molecule has 1 saturated heterocycles. The Kier molecular flexibility index (Phi) is 6.99. The number of hydrogen-bond donors (Lipinski definition) is 2. The highest BCUT2D eigenvalue weighted by Crippen LogP contribution is 2.29. The van der Waals surface area contributed by atoms with Crippen LogP contribution >= 0.6 is 23.7 Å². The average Bonchev–Trinajstić information content (AvgIpc) is 3.02. The lowest BCUT2D eigenvalue weighted by molar-refractivity contribution is -0.137. The van der Waals surface area contributed by atoms with Crippen molar-refractivity contribution in [2.75, 3.05) is 25.1 Å².